The van der Waals surface area contributed by atoms with Crippen LogP contribution in [0.25, 0.3) is 5.57 Å². The molecule has 2 aromatic carbocycles. The number of halogens is 1. The van der Waals surface area contributed by atoms with Crippen LogP contribution in [0, 0.1) is 3.57 Å². The van der Waals surface area contributed by atoms with E-state index in [0.29, 0.717) is 6.61 Å². The summed E-state index contributed by atoms with van der Waals surface area (Å²) >= 11 is 2.32. The van der Waals surface area contributed by atoms with Crippen LogP contribution in [0.15, 0.2) is 60.7 Å². The second kappa shape index (κ2) is 7.98. The predicted octanol–water partition coefficient (Wildman–Crippen LogP) is 4.68. The zero-order chi connectivity index (χ0) is 15.1. The molecule has 0 aliphatic carbocycles. The van der Waals surface area contributed by atoms with E-state index in [-0.39, 0.29) is 12.4 Å². The Labute approximate surface area is 139 Å². The fraction of sp³-hybridized carbons (Fsp3) is 0.167. The fourth-order valence-corrected chi connectivity index (χ4v) is 2.76. The summed E-state index contributed by atoms with van der Waals surface area (Å²) in [5.41, 5.74) is 3.30. The van der Waals surface area contributed by atoms with Gasteiger partial charge in [0.2, 0.25) is 0 Å². The number of benzene rings is 2. The van der Waals surface area contributed by atoms with Crippen LogP contribution in [0.3, 0.4) is 0 Å². The Morgan fingerprint density at radius 2 is 1.76 bits per heavy atom. The first-order chi connectivity index (χ1) is 10.2. The van der Waals surface area contributed by atoms with Crippen LogP contribution in [-0.4, -0.2) is 12.6 Å². The lowest BCUT2D eigenvalue weighted by Crippen LogP contribution is -2.02. The van der Waals surface area contributed by atoms with E-state index < -0.39 is 0 Å². The average molecular weight is 392 g/mol. The maximum absolute atomic E-state index is 11.6. The Kier molecular flexibility index (Phi) is 5.99. The van der Waals surface area contributed by atoms with Gasteiger partial charge in [0.25, 0.3) is 0 Å². The molecule has 0 unspecified atom stereocenters. The molecule has 0 N–H and O–H groups in total. The maximum atomic E-state index is 11.6. The Balaban J connectivity index is 2.38. The molecule has 0 heterocycles. The fourth-order valence-electron chi connectivity index (χ4n) is 2.09. The van der Waals surface area contributed by atoms with Crippen LogP contribution in [0.5, 0.6) is 0 Å². The van der Waals surface area contributed by atoms with Crippen molar-refractivity contribution in [2.24, 2.45) is 0 Å². The van der Waals surface area contributed by atoms with Crippen molar-refractivity contribution >= 4 is 34.1 Å². The second-order valence-electron chi connectivity index (χ2n) is 4.47. The smallest absolute Gasteiger partial charge is 0.309 e. The highest BCUT2D eigenvalue weighted by molar-refractivity contribution is 14.1. The number of ether oxygens (including phenoxy) is 1. The van der Waals surface area contributed by atoms with Crippen molar-refractivity contribution in [3.8, 4) is 0 Å². The van der Waals surface area contributed by atoms with Gasteiger partial charge in [0, 0.05) is 3.57 Å². The first kappa shape index (κ1) is 15.8. The Morgan fingerprint density at radius 1 is 1.10 bits per heavy atom. The molecule has 21 heavy (non-hydrogen) atoms. The second-order valence-corrected chi connectivity index (χ2v) is 5.64. The topological polar surface area (TPSA) is 26.3 Å². The number of esters is 1. The summed E-state index contributed by atoms with van der Waals surface area (Å²) in [6, 6.07) is 18.3. The molecule has 0 amide bonds. The number of carbonyl (C=O) groups excluding carboxylic acids is 1. The van der Waals surface area contributed by atoms with E-state index in [1.807, 2.05) is 43.3 Å². The molecular formula is C18H17IO2. The van der Waals surface area contributed by atoms with Gasteiger partial charge in [0.15, 0.2) is 0 Å². The number of rotatable bonds is 5. The first-order valence-electron chi connectivity index (χ1n) is 6.88. The molecule has 0 saturated heterocycles. The third kappa shape index (κ3) is 4.43. The Bertz CT molecular complexity index is 633. The van der Waals surface area contributed by atoms with Crippen molar-refractivity contribution in [1.82, 2.24) is 0 Å². The highest BCUT2D eigenvalue weighted by atomic mass is 127. The highest BCUT2D eigenvalue weighted by Crippen LogP contribution is 2.27. The van der Waals surface area contributed by atoms with Crippen LogP contribution in [0.4, 0.5) is 0 Å². The summed E-state index contributed by atoms with van der Waals surface area (Å²) < 4.78 is 6.17. The minimum atomic E-state index is -0.197. The van der Waals surface area contributed by atoms with Gasteiger partial charge in [-0.2, -0.15) is 0 Å². The molecule has 2 aromatic rings. The van der Waals surface area contributed by atoms with E-state index >= 15 is 0 Å². The first-order valence-corrected chi connectivity index (χ1v) is 7.96. The van der Waals surface area contributed by atoms with Gasteiger partial charge in [-0.25, -0.2) is 0 Å². The van der Waals surface area contributed by atoms with Crippen LogP contribution < -0.4 is 0 Å². The molecule has 0 bridgehead atoms. The molecule has 108 valence electrons. The van der Waals surface area contributed by atoms with Crippen molar-refractivity contribution in [2.75, 3.05) is 6.61 Å². The summed E-state index contributed by atoms with van der Waals surface area (Å²) in [5, 5.41) is 0. The van der Waals surface area contributed by atoms with Gasteiger partial charge in [-0.1, -0.05) is 54.6 Å². The zero-order valence-electron chi connectivity index (χ0n) is 11.9. The molecular weight excluding hydrogens is 375 g/mol. The molecule has 0 saturated carbocycles. The average Bonchev–Trinajstić information content (AvgIpc) is 2.50. The zero-order valence-corrected chi connectivity index (χ0v) is 14.0. The van der Waals surface area contributed by atoms with Crippen LogP contribution in [0.1, 0.15) is 24.5 Å². The normalized spacial score (nSPS) is 11.2. The van der Waals surface area contributed by atoms with Crippen molar-refractivity contribution < 1.29 is 9.53 Å². The van der Waals surface area contributed by atoms with Crippen molar-refractivity contribution in [3.05, 3.63) is 75.4 Å². The summed E-state index contributed by atoms with van der Waals surface area (Å²) in [5.74, 6) is -0.197. The number of hydrogen-bond acceptors (Lipinski definition) is 2. The van der Waals surface area contributed by atoms with Gasteiger partial charge in [0.05, 0.1) is 13.0 Å². The molecule has 2 nitrogen and oxygen atoms in total. The molecule has 0 radical (unpaired) electrons. The monoisotopic (exact) mass is 392 g/mol. The molecule has 0 atom stereocenters. The molecule has 0 aliphatic rings. The number of hydrogen-bond donors (Lipinski definition) is 0. The summed E-state index contributed by atoms with van der Waals surface area (Å²) in [4.78, 5) is 11.6. The van der Waals surface area contributed by atoms with E-state index in [4.69, 9.17) is 4.74 Å². The van der Waals surface area contributed by atoms with E-state index in [0.717, 1.165) is 20.3 Å². The van der Waals surface area contributed by atoms with Crippen LogP contribution >= 0.6 is 22.6 Å². The van der Waals surface area contributed by atoms with Gasteiger partial charge in [-0.3, -0.25) is 4.79 Å². The largest absolute Gasteiger partial charge is 0.466 e. The molecule has 0 spiro atoms. The third-order valence-corrected chi connectivity index (χ3v) is 3.97. The van der Waals surface area contributed by atoms with Crippen molar-refractivity contribution in [1.29, 1.82) is 0 Å². The van der Waals surface area contributed by atoms with Gasteiger partial charge >= 0.3 is 5.97 Å². The molecule has 0 fully saturated rings. The number of carbonyl (C=O) groups is 1. The quantitative estimate of drug-likeness (QED) is 0.546. The lowest BCUT2D eigenvalue weighted by atomic mass is 9.97. The van der Waals surface area contributed by atoms with Crippen molar-refractivity contribution in [3.63, 3.8) is 0 Å². The van der Waals surface area contributed by atoms with Crippen LogP contribution in [0.2, 0.25) is 0 Å². The molecule has 0 aliphatic heterocycles. The summed E-state index contributed by atoms with van der Waals surface area (Å²) in [6.07, 6.45) is 2.23. The maximum Gasteiger partial charge on any atom is 0.309 e. The summed E-state index contributed by atoms with van der Waals surface area (Å²) in [7, 11) is 0. The Morgan fingerprint density at radius 3 is 2.43 bits per heavy atom. The molecule has 2 rings (SSSR count). The SMILES string of the molecule is CCOC(=O)C/C=C(\c1ccccc1)c1ccccc1I. The van der Waals surface area contributed by atoms with Gasteiger partial charge < -0.3 is 4.74 Å². The van der Waals surface area contributed by atoms with Crippen molar-refractivity contribution in [2.45, 2.75) is 13.3 Å². The Hall–Kier alpha value is -1.62. The van der Waals surface area contributed by atoms with Crippen LogP contribution in [-0.2, 0) is 9.53 Å². The third-order valence-electron chi connectivity index (χ3n) is 3.03. The minimum absolute atomic E-state index is 0.197. The molecule has 3 heteroatoms. The van der Waals surface area contributed by atoms with E-state index in [9.17, 15) is 4.79 Å². The minimum Gasteiger partial charge on any atom is -0.466 e. The highest BCUT2D eigenvalue weighted by Gasteiger charge is 2.09. The van der Waals surface area contributed by atoms with E-state index in [2.05, 4.69) is 46.9 Å². The molecule has 0 aromatic heterocycles. The lowest BCUT2D eigenvalue weighted by Gasteiger charge is -2.11. The van der Waals surface area contributed by atoms with Gasteiger partial charge in [-0.05, 0) is 52.3 Å². The summed E-state index contributed by atoms with van der Waals surface area (Å²) in [6.45, 7) is 2.23. The lowest BCUT2D eigenvalue weighted by molar-refractivity contribution is -0.142. The predicted molar refractivity (Wildman–Crippen MR) is 93.9 cm³/mol. The van der Waals surface area contributed by atoms with E-state index in [1.165, 1.54) is 0 Å². The van der Waals surface area contributed by atoms with E-state index in [1.54, 1.807) is 0 Å². The van der Waals surface area contributed by atoms with Gasteiger partial charge in [-0.15, -0.1) is 0 Å². The van der Waals surface area contributed by atoms with Gasteiger partial charge in [0.1, 0.15) is 0 Å². The standard InChI is InChI=1S/C18H17IO2/c1-2-21-18(20)13-12-15(14-8-4-3-5-9-14)16-10-6-7-11-17(16)19/h3-12H,2,13H2,1H3/b15-12+.